The van der Waals surface area contributed by atoms with Gasteiger partial charge in [-0.3, -0.25) is 0 Å². The predicted octanol–water partition coefficient (Wildman–Crippen LogP) is 2.15. The van der Waals surface area contributed by atoms with Crippen molar-refractivity contribution in [2.45, 2.75) is 43.6 Å². The lowest BCUT2D eigenvalue weighted by molar-refractivity contribution is 0.650. The van der Waals surface area contributed by atoms with Crippen LogP contribution in [0.4, 0.5) is 0 Å². The van der Waals surface area contributed by atoms with E-state index in [9.17, 15) is 0 Å². The van der Waals surface area contributed by atoms with Gasteiger partial charge in [0.05, 0.1) is 10.2 Å². The van der Waals surface area contributed by atoms with E-state index >= 15 is 0 Å². The van der Waals surface area contributed by atoms with E-state index in [1.807, 2.05) is 6.20 Å². The minimum Gasteiger partial charge on any atom is -0.325 e. The number of aromatic nitrogens is 2. The predicted molar refractivity (Wildman–Crippen MR) is 61.6 cm³/mol. The third-order valence-electron chi connectivity index (χ3n) is 3.19. The van der Waals surface area contributed by atoms with E-state index in [0.29, 0.717) is 5.92 Å². The van der Waals surface area contributed by atoms with Gasteiger partial charge in [-0.1, -0.05) is 0 Å². The zero-order chi connectivity index (χ0) is 10.5. The molecule has 0 atom stereocenters. The SMILES string of the molecule is NC1(Cc2nc(C3CC3)ncc2Br)CC1. The van der Waals surface area contributed by atoms with Gasteiger partial charge >= 0.3 is 0 Å². The van der Waals surface area contributed by atoms with E-state index in [1.54, 1.807) is 0 Å². The first kappa shape index (κ1) is 9.73. The van der Waals surface area contributed by atoms with Crippen LogP contribution in [0.15, 0.2) is 10.7 Å². The molecule has 2 N–H and O–H groups in total. The number of nitrogens with zero attached hydrogens (tertiary/aromatic N) is 2. The van der Waals surface area contributed by atoms with Gasteiger partial charge in [0.2, 0.25) is 0 Å². The molecule has 1 aromatic rings. The third-order valence-corrected chi connectivity index (χ3v) is 3.85. The first-order chi connectivity index (χ1) is 7.16. The summed E-state index contributed by atoms with van der Waals surface area (Å²) in [5, 5.41) is 0. The van der Waals surface area contributed by atoms with Crippen molar-refractivity contribution in [3.8, 4) is 0 Å². The molecule has 1 aromatic heterocycles. The van der Waals surface area contributed by atoms with Gasteiger partial charge in [-0.15, -0.1) is 0 Å². The molecular weight excluding hydrogens is 254 g/mol. The Labute approximate surface area is 97.6 Å². The molecule has 0 saturated heterocycles. The van der Waals surface area contributed by atoms with Crippen LogP contribution in [-0.2, 0) is 6.42 Å². The summed E-state index contributed by atoms with van der Waals surface area (Å²) in [4.78, 5) is 8.97. The smallest absolute Gasteiger partial charge is 0.131 e. The van der Waals surface area contributed by atoms with Crippen LogP contribution in [0.3, 0.4) is 0 Å². The van der Waals surface area contributed by atoms with Gasteiger partial charge in [-0.2, -0.15) is 0 Å². The van der Waals surface area contributed by atoms with Crippen molar-refractivity contribution in [3.63, 3.8) is 0 Å². The molecular formula is C11H14BrN3. The fraction of sp³-hybridized carbons (Fsp3) is 0.636. The van der Waals surface area contributed by atoms with Crippen molar-refractivity contribution in [3.05, 3.63) is 22.2 Å². The summed E-state index contributed by atoms with van der Waals surface area (Å²) >= 11 is 3.50. The van der Waals surface area contributed by atoms with Crippen LogP contribution < -0.4 is 5.73 Å². The van der Waals surface area contributed by atoms with Gasteiger partial charge in [0, 0.05) is 24.1 Å². The van der Waals surface area contributed by atoms with Crippen LogP contribution in [0, 0.1) is 0 Å². The van der Waals surface area contributed by atoms with Crippen molar-refractivity contribution in [1.82, 2.24) is 9.97 Å². The van der Waals surface area contributed by atoms with E-state index in [-0.39, 0.29) is 5.54 Å². The Balaban J connectivity index is 1.87. The molecule has 0 bridgehead atoms. The summed E-state index contributed by atoms with van der Waals surface area (Å²) in [5.41, 5.74) is 7.22. The van der Waals surface area contributed by atoms with Crippen LogP contribution in [-0.4, -0.2) is 15.5 Å². The Hall–Kier alpha value is -0.480. The second-order valence-electron chi connectivity index (χ2n) is 4.84. The van der Waals surface area contributed by atoms with Crippen LogP contribution in [0.5, 0.6) is 0 Å². The molecule has 0 aromatic carbocycles. The summed E-state index contributed by atoms with van der Waals surface area (Å²) in [7, 11) is 0. The van der Waals surface area contributed by atoms with Crippen LogP contribution in [0.25, 0.3) is 0 Å². The molecule has 1 heterocycles. The molecule has 15 heavy (non-hydrogen) atoms. The molecule has 3 nitrogen and oxygen atoms in total. The van der Waals surface area contributed by atoms with Gasteiger partial charge in [-0.25, -0.2) is 9.97 Å². The Bertz CT molecular complexity index is 397. The Kier molecular flexibility index (Phi) is 2.11. The lowest BCUT2D eigenvalue weighted by Gasteiger charge is -2.10. The molecule has 0 spiro atoms. The average Bonchev–Trinajstić information content (AvgIpc) is 3.06. The number of nitrogens with two attached hydrogens (primary N) is 1. The summed E-state index contributed by atoms with van der Waals surface area (Å²) in [5.74, 6) is 1.63. The molecule has 2 fully saturated rings. The van der Waals surface area contributed by atoms with E-state index in [1.165, 1.54) is 12.8 Å². The Morgan fingerprint density at radius 2 is 2.20 bits per heavy atom. The summed E-state index contributed by atoms with van der Waals surface area (Å²) in [6.45, 7) is 0. The third kappa shape index (κ3) is 2.06. The van der Waals surface area contributed by atoms with E-state index < -0.39 is 0 Å². The number of rotatable bonds is 3. The van der Waals surface area contributed by atoms with Gasteiger partial charge in [0.1, 0.15) is 5.82 Å². The second-order valence-corrected chi connectivity index (χ2v) is 5.69. The zero-order valence-corrected chi connectivity index (χ0v) is 10.1. The van der Waals surface area contributed by atoms with Crippen molar-refractivity contribution in [2.75, 3.05) is 0 Å². The fourth-order valence-electron chi connectivity index (χ4n) is 1.75. The van der Waals surface area contributed by atoms with Crippen molar-refractivity contribution in [2.24, 2.45) is 5.73 Å². The molecule has 3 rings (SSSR count). The minimum atomic E-state index is 0.0255. The molecule has 2 aliphatic rings. The lowest BCUT2D eigenvalue weighted by Crippen LogP contribution is -2.25. The quantitative estimate of drug-likeness (QED) is 0.913. The molecule has 0 radical (unpaired) electrons. The lowest BCUT2D eigenvalue weighted by atomic mass is 10.1. The number of hydrogen-bond acceptors (Lipinski definition) is 3. The first-order valence-electron chi connectivity index (χ1n) is 5.46. The summed E-state index contributed by atoms with van der Waals surface area (Å²) in [6.07, 6.45) is 7.51. The summed E-state index contributed by atoms with van der Waals surface area (Å²) < 4.78 is 1.00. The first-order valence-corrected chi connectivity index (χ1v) is 6.26. The highest BCUT2D eigenvalue weighted by atomic mass is 79.9. The highest BCUT2D eigenvalue weighted by molar-refractivity contribution is 9.10. The molecule has 4 heteroatoms. The maximum absolute atomic E-state index is 6.11. The topological polar surface area (TPSA) is 51.8 Å². The van der Waals surface area contributed by atoms with Gasteiger partial charge in [0.15, 0.2) is 0 Å². The van der Waals surface area contributed by atoms with Crippen LogP contribution in [0.1, 0.15) is 43.1 Å². The minimum absolute atomic E-state index is 0.0255. The fourth-order valence-corrected chi connectivity index (χ4v) is 2.08. The van der Waals surface area contributed by atoms with E-state index in [2.05, 4.69) is 25.9 Å². The van der Waals surface area contributed by atoms with Crippen LogP contribution in [0.2, 0.25) is 0 Å². The number of halogens is 1. The Morgan fingerprint density at radius 1 is 1.47 bits per heavy atom. The monoisotopic (exact) mass is 267 g/mol. The van der Waals surface area contributed by atoms with Gasteiger partial charge in [0.25, 0.3) is 0 Å². The maximum Gasteiger partial charge on any atom is 0.131 e. The average molecular weight is 268 g/mol. The maximum atomic E-state index is 6.11. The molecule has 80 valence electrons. The van der Waals surface area contributed by atoms with E-state index in [0.717, 1.165) is 35.3 Å². The van der Waals surface area contributed by atoms with Gasteiger partial charge < -0.3 is 5.73 Å². The molecule has 0 amide bonds. The van der Waals surface area contributed by atoms with Crippen molar-refractivity contribution < 1.29 is 0 Å². The standard InChI is InChI=1S/C11H14BrN3/c12-8-6-14-10(7-1-2-7)15-9(8)5-11(13)3-4-11/h6-7H,1-5,13H2. The van der Waals surface area contributed by atoms with Crippen molar-refractivity contribution in [1.29, 1.82) is 0 Å². The number of hydrogen-bond donors (Lipinski definition) is 1. The molecule has 0 aliphatic heterocycles. The summed E-state index contributed by atoms with van der Waals surface area (Å²) in [6, 6.07) is 0. The zero-order valence-electron chi connectivity index (χ0n) is 8.54. The normalized spacial score (nSPS) is 22.8. The Morgan fingerprint density at radius 3 is 2.80 bits per heavy atom. The highest BCUT2D eigenvalue weighted by Gasteiger charge is 2.39. The largest absolute Gasteiger partial charge is 0.325 e. The molecule has 2 aliphatic carbocycles. The van der Waals surface area contributed by atoms with Crippen LogP contribution >= 0.6 is 15.9 Å². The van der Waals surface area contributed by atoms with Gasteiger partial charge in [-0.05, 0) is 41.6 Å². The van der Waals surface area contributed by atoms with Crippen molar-refractivity contribution >= 4 is 15.9 Å². The second kappa shape index (κ2) is 3.25. The van der Waals surface area contributed by atoms with E-state index in [4.69, 9.17) is 5.73 Å². The molecule has 2 saturated carbocycles. The highest BCUT2D eigenvalue weighted by Crippen LogP contribution is 2.40. The molecule has 0 unspecified atom stereocenters.